The van der Waals surface area contributed by atoms with E-state index in [9.17, 15) is 4.79 Å². The number of carbonyl (C=O) groups is 1. The van der Waals surface area contributed by atoms with Crippen LogP contribution < -0.4 is 5.32 Å². The van der Waals surface area contributed by atoms with Gasteiger partial charge in [0.2, 0.25) is 5.91 Å². The van der Waals surface area contributed by atoms with Crippen molar-refractivity contribution in [3.05, 3.63) is 20.8 Å². The van der Waals surface area contributed by atoms with Crippen molar-refractivity contribution in [3.63, 3.8) is 0 Å². The van der Waals surface area contributed by atoms with E-state index in [4.69, 9.17) is 0 Å². The molecule has 0 aromatic carbocycles. The van der Waals surface area contributed by atoms with Crippen LogP contribution in [0.15, 0.2) is 15.9 Å². The van der Waals surface area contributed by atoms with Crippen LogP contribution in [0.4, 0.5) is 0 Å². The Morgan fingerprint density at radius 3 is 2.56 bits per heavy atom. The lowest BCUT2D eigenvalue weighted by molar-refractivity contribution is -0.131. The zero-order chi connectivity index (χ0) is 13.7. The molecule has 0 saturated heterocycles. The summed E-state index contributed by atoms with van der Waals surface area (Å²) in [5.74, 6) is 0.654. The van der Waals surface area contributed by atoms with Crippen LogP contribution in [-0.4, -0.2) is 30.9 Å². The summed E-state index contributed by atoms with van der Waals surface area (Å²) in [4.78, 5) is 15.0. The lowest BCUT2D eigenvalue weighted by Gasteiger charge is -2.23. The predicted octanol–water partition coefficient (Wildman–Crippen LogP) is 3.10. The summed E-state index contributed by atoms with van der Waals surface area (Å²) in [6.45, 7) is 5.02. The molecule has 1 atom stereocenters. The molecule has 5 heteroatoms. The summed E-state index contributed by atoms with van der Waals surface area (Å²) in [6, 6.07) is 4.02. The van der Waals surface area contributed by atoms with Gasteiger partial charge in [-0.3, -0.25) is 4.79 Å². The van der Waals surface area contributed by atoms with Gasteiger partial charge in [-0.05, 0) is 40.4 Å². The quantitative estimate of drug-likeness (QED) is 0.868. The van der Waals surface area contributed by atoms with Crippen LogP contribution in [0.25, 0.3) is 0 Å². The fourth-order valence-electron chi connectivity index (χ4n) is 1.73. The molecule has 102 valence electrons. The van der Waals surface area contributed by atoms with Gasteiger partial charge in [0.25, 0.3) is 0 Å². The van der Waals surface area contributed by atoms with Gasteiger partial charge in [-0.2, -0.15) is 0 Å². The van der Waals surface area contributed by atoms with Crippen LogP contribution in [-0.2, 0) is 11.3 Å². The van der Waals surface area contributed by atoms with Crippen LogP contribution in [0.2, 0.25) is 0 Å². The largest absolute Gasteiger partial charge is 0.347 e. The van der Waals surface area contributed by atoms with Gasteiger partial charge in [0.15, 0.2) is 0 Å². The highest BCUT2D eigenvalue weighted by atomic mass is 79.9. The number of hydrogen-bond acceptors (Lipinski definition) is 3. The highest BCUT2D eigenvalue weighted by molar-refractivity contribution is 9.11. The molecule has 1 rings (SSSR count). The number of rotatable bonds is 6. The Hall–Kier alpha value is -0.390. The van der Waals surface area contributed by atoms with Crippen LogP contribution in [0.5, 0.6) is 0 Å². The maximum absolute atomic E-state index is 12.1. The molecule has 1 aromatic rings. The van der Waals surface area contributed by atoms with E-state index < -0.39 is 0 Å². The highest BCUT2D eigenvalue weighted by Gasteiger charge is 2.20. The molecule has 1 unspecified atom stereocenters. The minimum atomic E-state index is -0.0964. The Kier molecular flexibility index (Phi) is 6.32. The predicted molar refractivity (Wildman–Crippen MR) is 80.8 cm³/mol. The molecule has 0 fully saturated rings. The summed E-state index contributed by atoms with van der Waals surface area (Å²) >= 11 is 5.15. The first-order valence-electron chi connectivity index (χ1n) is 6.09. The van der Waals surface area contributed by atoms with Crippen molar-refractivity contribution in [2.75, 3.05) is 14.1 Å². The zero-order valence-electron chi connectivity index (χ0n) is 11.4. The van der Waals surface area contributed by atoms with E-state index in [0.717, 1.165) is 16.8 Å². The first-order valence-corrected chi connectivity index (χ1v) is 7.70. The average Bonchev–Trinajstić information content (AvgIpc) is 2.68. The fourth-order valence-corrected chi connectivity index (χ4v) is 3.16. The Balaban J connectivity index is 2.58. The Morgan fingerprint density at radius 1 is 1.44 bits per heavy atom. The van der Waals surface area contributed by atoms with E-state index in [1.54, 1.807) is 30.3 Å². The number of nitrogens with one attached hydrogen (secondary N) is 1. The number of carbonyl (C=O) groups excluding carboxylic acids is 1. The molecule has 18 heavy (non-hydrogen) atoms. The van der Waals surface area contributed by atoms with Crippen molar-refractivity contribution in [3.8, 4) is 0 Å². The Morgan fingerprint density at radius 2 is 2.11 bits per heavy atom. The lowest BCUT2D eigenvalue weighted by Crippen LogP contribution is -2.43. The summed E-state index contributed by atoms with van der Waals surface area (Å²) < 4.78 is 1.12. The molecular weight excluding hydrogens is 312 g/mol. The average molecular weight is 333 g/mol. The van der Waals surface area contributed by atoms with Crippen molar-refractivity contribution in [2.45, 2.75) is 32.9 Å². The molecule has 0 aliphatic heterocycles. The normalized spacial score (nSPS) is 12.8. The second-order valence-electron chi connectivity index (χ2n) is 5.00. The number of hydrogen-bond donors (Lipinski definition) is 1. The van der Waals surface area contributed by atoms with Gasteiger partial charge >= 0.3 is 0 Å². The van der Waals surface area contributed by atoms with Gasteiger partial charge in [-0.15, -0.1) is 11.3 Å². The third-order valence-corrected chi connectivity index (χ3v) is 4.22. The molecule has 0 spiro atoms. The smallest absolute Gasteiger partial charge is 0.239 e. The molecule has 0 radical (unpaired) electrons. The maximum Gasteiger partial charge on any atom is 0.239 e. The molecular formula is C13H21BrN2OS. The van der Waals surface area contributed by atoms with E-state index in [-0.39, 0.29) is 11.9 Å². The monoisotopic (exact) mass is 332 g/mol. The molecule has 0 saturated carbocycles. The summed E-state index contributed by atoms with van der Waals surface area (Å²) in [5.41, 5.74) is 0. The van der Waals surface area contributed by atoms with E-state index in [1.807, 2.05) is 6.07 Å². The number of likely N-dealkylation sites (N-methyl/N-ethyl adjacent to an activating group) is 1. The van der Waals surface area contributed by atoms with Gasteiger partial charge in [0, 0.05) is 25.5 Å². The van der Waals surface area contributed by atoms with Gasteiger partial charge < -0.3 is 10.2 Å². The van der Waals surface area contributed by atoms with Gasteiger partial charge in [-0.1, -0.05) is 13.8 Å². The van der Waals surface area contributed by atoms with Crippen LogP contribution in [0.3, 0.4) is 0 Å². The summed E-state index contributed by atoms with van der Waals surface area (Å²) in [5, 5.41) is 3.36. The Bertz CT molecular complexity index is 390. The standard InChI is InChI=1S/C13H21BrN2OS/c1-9(2)7-11(13(17)16(3)4)15-8-10-5-6-12(14)18-10/h5-6,9,11,15H,7-8H2,1-4H3. The lowest BCUT2D eigenvalue weighted by atomic mass is 10.0. The molecule has 0 aliphatic rings. The first kappa shape index (κ1) is 15.7. The molecule has 0 aliphatic carbocycles. The van der Waals surface area contributed by atoms with Crippen molar-refractivity contribution < 1.29 is 4.79 Å². The number of nitrogens with zero attached hydrogens (tertiary/aromatic N) is 1. The second kappa shape index (κ2) is 7.26. The zero-order valence-corrected chi connectivity index (χ0v) is 13.8. The molecule has 1 N–H and O–H groups in total. The van der Waals surface area contributed by atoms with E-state index in [0.29, 0.717) is 5.92 Å². The Labute approximate surface area is 122 Å². The van der Waals surface area contributed by atoms with Crippen LogP contribution >= 0.6 is 27.3 Å². The SMILES string of the molecule is CC(C)CC(NCc1ccc(Br)s1)C(=O)N(C)C. The van der Waals surface area contributed by atoms with Gasteiger partial charge in [0.05, 0.1) is 9.83 Å². The van der Waals surface area contributed by atoms with Crippen molar-refractivity contribution in [1.82, 2.24) is 10.2 Å². The maximum atomic E-state index is 12.1. The van der Waals surface area contributed by atoms with Gasteiger partial charge in [0.1, 0.15) is 0 Å². The third-order valence-electron chi connectivity index (χ3n) is 2.60. The minimum Gasteiger partial charge on any atom is -0.347 e. The number of thiophene rings is 1. The number of halogens is 1. The first-order chi connectivity index (χ1) is 8.40. The van der Waals surface area contributed by atoms with E-state index in [1.165, 1.54) is 4.88 Å². The minimum absolute atomic E-state index is 0.0964. The van der Waals surface area contributed by atoms with E-state index >= 15 is 0 Å². The highest BCUT2D eigenvalue weighted by Crippen LogP contribution is 2.22. The summed E-state index contributed by atoms with van der Waals surface area (Å²) in [6.07, 6.45) is 0.865. The summed E-state index contributed by atoms with van der Waals surface area (Å²) in [7, 11) is 3.61. The third kappa shape index (κ3) is 5.08. The van der Waals surface area contributed by atoms with Crippen molar-refractivity contribution in [1.29, 1.82) is 0 Å². The molecule has 1 heterocycles. The fraction of sp³-hybridized carbons (Fsp3) is 0.615. The molecule has 1 amide bonds. The van der Waals surface area contributed by atoms with Gasteiger partial charge in [-0.25, -0.2) is 0 Å². The van der Waals surface area contributed by atoms with Crippen molar-refractivity contribution >= 4 is 33.2 Å². The molecule has 1 aromatic heterocycles. The van der Waals surface area contributed by atoms with Crippen LogP contribution in [0, 0.1) is 5.92 Å². The van der Waals surface area contributed by atoms with Crippen LogP contribution in [0.1, 0.15) is 25.1 Å². The molecule has 3 nitrogen and oxygen atoms in total. The van der Waals surface area contributed by atoms with E-state index in [2.05, 4.69) is 41.2 Å². The molecule has 0 bridgehead atoms. The van der Waals surface area contributed by atoms with Crippen molar-refractivity contribution in [2.24, 2.45) is 5.92 Å². The topological polar surface area (TPSA) is 32.3 Å². The second-order valence-corrected chi connectivity index (χ2v) is 7.55. The number of amides is 1.